The first-order valence-electron chi connectivity index (χ1n) is 1.80. The van der Waals surface area contributed by atoms with Crippen LogP contribution in [0.3, 0.4) is 0 Å². The van der Waals surface area contributed by atoms with E-state index in [0.29, 0.717) is 0 Å². The van der Waals surface area contributed by atoms with Gasteiger partial charge in [0.05, 0.1) is 13.3 Å². The monoisotopic (exact) mass is 129 g/mol. The van der Waals surface area contributed by atoms with Gasteiger partial charge in [0.25, 0.3) is 0 Å². The van der Waals surface area contributed by atoms with Gasteiger partial charge in [0.1, 0.15) is 0 Å². The molecule has 0 atom stereocenters. The molecule has 0 radical (unpaired) electrons. The van der Waals surface area contributed by atoms with E-state index >= 15 is 0 Å². The molecule has 0 heterocycles. The van der Waals surface area contributed by atoms with Gasteiger partial charge in [0, 0.05) is 0 Å². The molecular weight excluding hydrogens is 121 g/mol. The Hall–Kier alpha value is 0.390. The minimum atomic E-state index is -0.964. The molecule has 3 N–H and O–H groups in total. The van der Waals surface area contributed by atoms with Gasteiger partial charge >= 0.3 is 35.5 Å². The predicted octanol–water partition coefficient (Wildman–Crippen LogP) is -4.27. The SMILES string of the molecule is O=C(O)CNCO.[H-].[Na+]. The number of carboxylic acid groups (broad SMARTS) is 1. The molecule has 0 aromatic rings. The zero-order valence-electron chi connectivity index (χ0n) is 5.72. The van der Waals surface area contributed by atoms with Crippen LogP contribution in [0.4, 0.5) is 0 Å². The largest absolute Gasteiger partial charge is 1.00 e. The molecule has 0 aliphatic carbocycles. The van der Waals surface area contributed by atoms with Crippen LogP contribution in [0.5, 0.6) is 0 Å². The Labute approximate surface area is 70.7 Å². The molecule has 0 aromatic carbocycles. The van der Waals surface area contributed by atoms with Crippen molar-refractivity contribution < 1.29 is 46.0 Å². The Balaban J connectivity index is -0.000000180. The van der Waals surface area contributed by atoms with Crippen molar-refractivity contribution in [1.29, 1.82) is 0 Å². The summed E-state index contributed by atoms with van der Waals surface area (Å²) in [6, 6.07) is 0. The molecule has 0 fully saturated rings. The first kappa shape index (κ1) is 11.2. The number of aliphatic hydroxyl groups is 1. The molecule has 0 aliphatic rings. The molecule has 44 valence electrons. The molecule has 0 unspecified atom stereocenters. The van der Waals surface area contributed by atoms with Crippen molar-refractivity contribution in [2.45, 2.75) is 0 Å². The summed E-state index contributed by atoms with van der Waals surface area (Å²) < 4.78 is 0. The van der Waals surface area contributed by atoms with Crippen molar-refractivity contribution in [1.82, 2.24) is 5.32 Å². The molecule has 0 spiro atoms. The van der Waals surface area contributed by atoms with Gasteiger partial charge in [-0.15, -0.1) is 0 Å². The average molecular weight is 129 g/mol. The number of hydrogen-bond acceptors (Lipinski definition) is 3. The second kappa shape index (κ2) is 7.39. The van der Waals surface area contributed by atoms with E-state index in [-0.39, 0.29) is 44.3 Å². The van der Waals surface area contributed by atoms with Crippen LogP contribution in [0, 0.1) is 0 Å². The molecule has 0 amide bonds. The van der Waals surface area contributed by atoms with E-state index in [1.165, 1.54) is 0 Å². The minimum Gasteiger partial charge on any atom is -1.00 e. The van der Waals surface area contributed by atoms with Gasteiger partial charge in [-0.05, 0) is 0 Å². The van der Waals surface area contributed by atoms with Gasteiger partial charge < -0.3 is 11.6 Å². The van der Waals surface area contributed by atoms with Gasteiger partial charge in [-0.2, -0.15) is 0 Å². The second-order valence-electron chi connectivity index (χ2n) is 0.979. The number of carboxylic acids is 1. The minimum absolute atomic E-state index is 0. The van der Waals surface area contributed by atoms with E-state index in [0.717, 1.165) is 0 Å². The molecule has 8 heavy (non-hydrogen) atoms. The van der Waals surface area contributed by atoms with Crippen LogP contribution in [0.1, 0.15) is 1.43 Å². The van der Waals surface area contributed by atoms with Gasteiger partial charge in [-0.3, -0.25) is 10.1 Å². The maximum Gasteiger partial charge on any atom is 1.00 e. The van der Waals surface area contributed by atoms with E-state index in [9.17, 15) is 4.79 Å². The molecule has 0 bridgehead atoms. The van der Waals surface area contributed by atoms with Gasteiger partial charge in [-0.25, -0.2) is 0 Å². The molecule has 0 aliphatic heterocycles. The summed E-state index contributed by atoms with van der Waals surface area (Å²) in [5, 5.41) is 18.0. The Kier molecular flexibility index (Phi) is 10.4. The zero-order chi connectivity index (χ0) is 5.70. The van der Waals surface area contributed by atoms with Crippen LogP contribution in [0.2, 0.25) is 0 Å². The van der Waals surface area contributed by atoms with E-state index in [1.807, 2.05) is 0 Å². The molecule has 4 nitrogen and oxygen atoms in total. The van der Waals surface area contributed by atoms with Crippen LogP contribution in [-0.4, -0.2) is 29.5 Å². The summed E-state index contributed by atoms with van der Waals surface area (Å²) in [6.45, 7) is -0.469. The third-order valence-corrected chi connectivity index (χ3v) is 0.388. The van der Waals surface area contributed by atoms with Crippen molar-refractivity contribution in [2.75, 3.05) is 13.3 Å². The zero-order valence-corrected chi connectivity index (χ0v) is 6.72. The Bertz CT molecular complexity index is 72.1. The third-order valence-electron chi connectivity index (χ3n) is 0.388. The van der Waals surface area contributed by atoms with E-state index in [4.69, 9.17) is 10.2 Å². The smallest absolute Gasteiger partial charge is 1.00 e. The molecule has 0 saturated carbocycles. The van der Waals surface area contributed by atoms with Crippen LogP contribution in [0.15, 0.2) is 0 Å². The first-order chi connectivity index (χ1) is 3.27. The van der Waals surface area contributed by atoms with Crippen LogP contribution >= 0.6 is 0 Å². The van der Waals surface area contributed by atoms with Crippen molar-refractivity contribution in [2.24, 2.45) is 0 Å². The molecule has 0 aromatic heterocycles. The number of aliphatic carboxylic acids is 1. The number of aliphatic hydroxyl groups excluding tert-OH is 1. The van der Waals surface area contributed by atoms with E-state index < -0.39 is 5.97 Å². The van der Waals surface area contributed by atoms with Crippen molar-refractivity contribution in [3.63, 3.8) is 0 Å². The van der Waals surface area contributed by atoms with Crippen LogP contribution in [0.25, 0.3) is 0 Å². The Morgan fingerprint density at radius 2 is 2.25 bits per heavy atom. The molecule has 0 saturated heterocycles. The maximum atomic E-state index is 9.58. The fourth-order valence-corrected chi connectivity index (χ4v) is 0.163. The van der Waals surface area contributed by atoms with E-state index in [1.54, 1.807) is 0 Å². The summed E-state index contributed by atoms with van der Waals surface area (Å²) in [4.78, 5) is 9.58. The average Bonchev–Trinajstić information content (AvgIpc) is 1.61. The first-order valence-corrected chi connectivity index (χ1v) is 1.80. The van der Waals surface area contributed by atoms with Crippen molar-refractivity contribution in [3.8, 4) is 0 Å². The summed E-state index contributed by atoms with van der Waals surface area (Å²) in [5.74, 6) is -0.964. The van der Waals surface area contributed by atoms with E-state index in [2.05, 4.69) is 5.32 Å². The topological polar surface area (TPSA) is 69.6 Å². The summed E-state index contributed by atoms with van der Waals surface area (Å²) >= 11 is 0. The molecule has 0 rings (SSSR count). The Morgan fingerprint density at radius 1 is 1.75 bits per heavy atom. The van der Waals surface area contributed by atoms with Crippen molar-refractivity contribution >= 4 is 5.97 Å². The summed E-state index contributed by atoms with van der Waals surface area (Å²) in [6.07, 6.45) is 0. The number of rotatable bonds is 3. The van der Waals surface area contributed by atoms with Crippen LogP contribution in [-0.2, 0) is 4.79 Å². The Morgan fingerprint density at radius 3 is 2.38 bits per heavy atom. The maximum absolute atomic E-state index is 9.58. The van der Waals surface area contributed by atoms with Gasteiger partial charge in [0.2, 0.25) is 0 Å². The third kappa shape index (κ3) is 9.63. The summed E-state index contributed by atoms with van der Waals surface area (Å²) in [7, 11) is 0. The predicted molar refractivity (Wildman–Crippen MR) is 23.8 cm³/mol. The number of nitrogens with one attached hydrogen (secondary N) is 1. The molecule has 5 heteroatoms. The normalized spacial score (nSPS) is 7.62. The summed E-state index contributed by atoms with van der Waals surface area (Å²) in [5.41, 5.74) is 0. The molecular formula is C3H8NNaO3. The fraction of sp³-hybridized carbons (Fsp3) is 0.667. The second-order valence-corrected chi connectivity index (χ2v) is 0.979. The van der Waals surface area contributed by atoms with Crippen LogP contribution < -0.4 is 34.9 Å². The standard InChI is InChI=1S/C3H7NO3.Na.H/c5-2-4-1-3(6)7;;/h4-5H,1-2H2,(H,6,7);;/q;+1;-1. The quantitative estimate of drug-likeness (QED) is 0.266. The number of carbonyl (C=O) groups is 1. The van der Waals surface area contributed by atoms with Gasteiger partial charge in [-0.1, -0.05) is 0 Å². The van der Waals surface area contributed by atoms with Crippen molar-refractivity contribution in [3.05, 3.63) is 0 Å². The van der Waals surface area contributed by atoms with Gasteiger partial charge in [0.15, 0.2) is 0 Å². The fourth-order valence-electron chi connectivity index (χ4n) is 0.163. The number of hydrogen-bond donors (Lipinski definition) is 3.